The third-order valence-electron chi connectivity index (χ3n) is 4.08. The molecule has 0 aliphatic rings. The molecule has 154 valence electrons. The number of nitrogens with zero attached hydrogens (tertiary/aromatic N) is 5. The average Bonchev–Trinajstić information content (AvgIpc) is 3.16. The van der Waals surface area contributed by atoms with E-state index in [9.17, 15) is 4.79 Å². The molecule has 0 spiro atoms. The van der Waals surface area contributed by atoms with Gasteiger partial charge in [-0.1, -0.05) is 11.8 Å². The summed E-state index contributed by atoms with van der Waals surface area (Å²) in [5.41, 5.74) is 1.30. The van der Waals surface area contributed by atoms with Crippen molar-refractivity contribution in [3.05, 3.63) is 30.1 Å². The highest BCUT2D eigenvalue weighted by molar-refractivity contribution is 7.98. The van der Waals surface area contributed by atoms with Crippen molar-refractivity contribution in [2.45, 2.75) is 16.7 Å². The molecule has 0 saturated heterocycles. The number of methoxy groups -OCH3 is 1. The van der Waals surface area contributed by atoms with Crippen LogP contribution in [0, 0.1) is 0 Å². The number of fused-ring (bicyclic) bond motifs is 1. The predicted molar refractivity (Wildman–Crippen MR) is 116 cm³/mol. The number of hydrogen-bond acceptors (Lipinski definition) is 9. The number of rotatable bonds is 10. The first-order valence-electron chi connectivity index (χ1n) is 8.95. The molecule has 3 aromatic heterocycles. The Morgan fingerprint density at radius 3 is 2.86 bits per heavy atom. The molecule has 9 nitrogen and oxygen atoms in total. The minimum atomic E-state index is -0.153. The maximum atomic E-state index is 12.5. The molecule has 0 atom stereocenters. The summed E-state index contributed by atoms with van der Waals surface area (Å²) in [6, 6.07) is 3.53. The number of thioether (sulfide) groups is 2. The second-order valence-electron chi connectivity index (χ2n) is 5.90. The normalized spacial score (nSPS) is 11.0. The molecule has 1 amide bonds. The number of ether oxygens (including phenoxy) is 1. The van der Waals surface area contributed by atoms with Crippen molar-refractivity contribution >= 4 is 46.3 Å². The second-order valence-corrected chi connectivity index (χ2v) is 7.47. The molecular weight excluding hydrogens is 410 g/mol. The van der Waals surface area contributed by atoms with Gasteiger partial charge in [0.15, 0.2) is 10.8 Å². The molecule has 0 radical (unpaired) electrons. The predicted octanol–water partition coefficient (Wildman–Crippen LogP) is 2.15. The monoisotopic (exact) mass is 433 g/mol. The highest BCUT2D eigenvalue weighted by Crippen LogP contribution is 2.23. The molecule has 0 fully saturated rings. The quantitative estimate of drug-likeness (QED) is 0.282. The van der Waals surface area contributed by atoms with Gasteiger partial charge in [-0.2, -0.15) is 5.10 Å². The van der Waals surface area contributed by atoms with Crippen LogP contribution in [0.3, 0.4) is 0 Å². The van der Waals surface area contributed by atoms with Gasteiger partial charge in [0, 0.05) is 26.4 Å². The molecule has 0 aliphatic heterocycles. The lowest BCUT2D eigenvalue weighted by molar-refractivity contribution is 0.0948. The Morgan fingerprint density at radius 2 is 2.10 bits per heavy atom. The Morgan fingerprint density at radius 1 is 1.24 bits per heavy atom. The molecular formula is C18H23N7O2S2. The number of carbonyl (C=O) groups is 1. The van der Waals surface area contributed by atoms with Gasteiger partial charge in [0.05, 0.1) is 30.3 Å². The Bertz CT molecular complexity index is 980. The van der Waals surface area contributed by atoms with Crippen LogP contribution < -0.4 is 10.6 Å². The van der Waals surface area contributed by atoms with E-state index in [1.54, 1.807) is 36.3 Å². The van der Waals surface area contributed by atoms with E-state index in [4.69, 9.17) is 4.74 Å². The number of aromatic nitrogens is 5. The first-order valence-corrected chi connectivity index (χ1v) is 11.4. The molecule has 3 rings (SSSR count). The van der Waals surface area contributed by atoms with Crippen LogP contribution in [-0.2, 0) is 11.3 Å². The van der Waals surface area contributed by atoms with Crippen molar-refractivity contribution in [3.63, 3.8) is 0 Å². The van der Waals surface area contributed by atoms with Crippen LogP contribution in [0.1, 0.15) is 10.4 Å². The van der Waals surface area contributed by atoms with Crippen molar-refractivity contribution in [3.8, 4) is 0 Å². The molecule has 11 heteroatoms. The van der Waals surface area contributed by atoms with E-state index in [-0.39, 0.29) is 5.91 Å². The zero-order chi connectivity index (χ0) is 20.6. The van der Waals surface area contributed by atoms with Crippen molar-refractivity contribution in [2.75, 3.05) is 44.6 Å². The second kappa shape index (κ2) is 10.4. The van der Waals surface area contributed by atoms with Crippen molar-refractivity contribution in [1.29, 1.82) is 0 Å². The number of anilines is 1. The molecule has 29 heavy (non-hydrogen) atoms. The number of pyridine rings is 1. The molecule has 0 unspecified atom stereocenters. The first-order chi connectivity index (χ1) is 14.2. The molecule has 0 aliphatic carbocycles. The van der Waals surface area contributed by atoms with Gasteiger partial charge in [0.1, 0.15) is 10.8 Å². The number of nitrogens with one attached hydrogen (secondary N) is 2. The summed E-state index contributed by atoms with van der Waals surface area (Å²) in [4.78, 5) is 25.8. The summed E-state index contributed by atoms with van der Waals surface area (Å²) in [7, 11) is 1.66. The zero-order valence-electron chi connectivity index (χ0n) is 16.5. The lowest BCUT2D eigenvalue weighted by atomic mass is 10.2. The largest absolute Gasteiger partial charge is 0.383 e. The van der Waals surface area contributed by atoms with Gasteiger partial charge in [-0.3, -0.25) is 4.79 Å². The van der Waals surface area contributed by atoms with E-state index >= 15 is 0 Å². The van der Waals surface area contributed by atoms with Crippen LogP contribution >= 0.6 is 23.5 Å². The van der Waals surface area contributed by atoms with Crippen molar-refractivity contribution in [1.82, 2.24) is 30.0 Å². The average molecular weight is 434 g/mol. The topological polar surface area (TPSA) is 107 Å². The SMILES string of the molecule is COCCNc1nc(SC)nc2c1cnn2CCNC(=O)c1cccnc1SC. The van der Waals surface area contributed by atoms with Gasteiger partial charge < -0.3 is 15.4 Å². The van der Waals surface area contributed by atoms with E-state index in [0.717, 1.165) is 16.9 Å². The van der Waals surface area contributed by atoms with Crippen LogP contribution in [-0.4, -0.2) is 70.0 Å². The minimum Gasteiger partial charge on any atom is -0.383 e. The lowest BCUT2D eigenvalue weighted by Gasteiger charge is -2.10. The maximum absolute atomic E-state index is 12.5. The summed E-state index contributed by atoms with van der Waals surface area (Å²) in [5, 5.41) is 12.8. The third kappa shape index (κ3) is 5.17. The molecule has 0 aromatic carbocycles. The molecule has 2 N–H and O–H groups in total. The Hall–Kier alpha value is -2.37. The fraction of sp³-hybridized carbons (Fsp3) is 0.389. The first kappa shape index (κ1) is 21.3. The highest BCUT2D eigenvalue weighted by Gasteiger charge is 2.14. The smallest absolute Gasteiger partial charge is 0.254 e. The number of carbonyl (C=O) groups excluding carboxylic acids is 1. The van der Waals surface area contributed by atoms with Gasteiger partial charge in [0.25, 0.3) is 5.91 Å². The molecule has 0 saturated carbocycles. The van der Waals surface area contributed by atoms with Gasteiger partial charge >= 0.3 is 0 Å². The summed E-state index contributed by atoms with van der Waals surface area (Å²) in [5.74, 6) is 0.576. The van der Waals surface area contributed by atoms with E-state index in [1.807, 2.05) is 12.5 Å². The Labute approximate surface area is 177 Å². The molecule has 3 heterocycles. The number of hydrogen-bond donors (Lipinski definition) is 2. The van der Waals surface area contributed by atoms with Gasteiger partial charge in [-0.25, -0.2) is 19.6 Å². The highest BCUT2D eigenvalue weighted by atomic mass is 32.2. The standard InChI is InChI=1S/C18H23N7O2S2/c1-27-10-8-19-14-13-11-22-25(15(13)24-18(23-14)29-3)9-7-20-16(26)12-5-4-6-21-17(12)28-2/h4-6,11H,7-10H2,1-3H3,(H,20,26)(H,19,23,24). The Kier molecular flexibility index (Phi) is 7.67. The van der Waals surface area contributed by atoms with Crippen LogP contribution in [0.4, 0.5) is 5.82 Å². The van der Waals surface area contributed by atoms with Gasteiger partial charge in [-0.15, -0.1) is 11.8 Å². The fourth-order valence-electron chi connectivity index (χ4n) is 2.69. The lowest BCUT2D eigenvalue weighted by Crippen LogP contribution is -2.28. The van der Waals surface area contributed by atoms with E-state index in [1.165, 1.54) is 23.5 Å². The van der Waals surface area contributed by atoms with Crippen LogP contribution in [0.5, 0.6) is 0 Å². The molecule has 3 aromatic rings. The number of amides is 1. The van der Waals surface area contributed by atoms with Gasteiger partial charge in [-0.05, 0) is 24.6 Å². The van der Waals surface area contributed by atoms with Crippen LogP contribution in [0.2, 0.25) is 0 Å². The van der Waals surface area contributed by atoms with E-state index in [0.29, 0.717) is 42.0 Å². The van der Waals surface area contributed by atoms with E-state index in [2.05, 4.69) is 30.7 Å². The summed E-state index contributed by atoms with van der Waals surface area (Å²) in [6.07, 6.45) is 7.25. The van der Waals surface area contributed by atoms with Crippen molar-refractivity contribution < 1.29 is 9.53 Å². The zero-order valence-corrected chi connectivity index (χ0v) is 18.1. The van der Waals surface area contributed by atoms with Gasteiger partial charge in [0.2, 0.25) is 0 Å². The van der Waals surface area contributed by atoms with Crippen molar-refractivity contribution in [2.24, 2.45) is 0 Å². The Balaban J connectivity index is 1.71. The summed E-state index contributed by atoms with van der Waals surface area (Å²) < 4.78 is 6.86. The van der Waals surface area contributed by atoms with Crippen LogP contribution in [0.25, 0.3) is 11.0 Å². The summed E-state index contributed by atoms with van der Waals surface area (Å²) in [6.45, 7) is 2.13. The van der Waals surface area contributed by atoms with Crippen LogP contribution in [0.15, 0.2) is 34.7 Å². The maximum Gasteiger partial charge on any atom is 0.254 e. The summed E-state index contributed by atoms with van der Waals surface area (Å²) >= 11 is 2.91. The molecule has 0 bridgehead atoms. The minimum absolute atomic E-state index is 0.153. The third-order valence-corrected chi connectivity index (χ3v) is 5.33. The fourth-order valence-corrected chi connectivity index (χ4v) is 3.60. The van der Waals surface area contributed by atoms with E-state index < -0.39 is 0 Å².